The van der Waals surface area contributed by atoms with Crippen LogP contribution in [0.25, 0.3) is 0 Å². The smallest absolute Gasteiger partial charge is 0.143 e. The van der Waals surface area contributed by atoms with E-state index in [1.165, 1.54) is 0 Å². The summed E-state index contributed by atoms with van der Waals surface area (Å²) in [7, 11) is 1.58. The number of benzene rings is 2. The second-order valence-corrected chi connectivity index (χ2v) is 8.56. The molecule has 2 aliphatic heterocycles. The molecule has 4 atom stereocenters. The molecule has 0 amide bonds. The number of hydrogen-bond acceptors (Lipinski definition) is 10. The number of nitrogens with zero attached hydrogens (tertiary/aromatic N) is 2. The number of β-amino-alcohol motifs (C(OH)–C–C–N with tert-alkyl or cyclic N) is 2. The Hall–Kier alpha value is -2.76. The van der Waals surface area contributed by atoms with Gasteiger partial charge in [-0.15, -0.1) is 0 Å². The Balaban J connectivity index is 0.000000186. The van der Waals surface area contributed by atoms with Gasteiger partial charge in [0.2, 0.25) is 0 Å². The number of methoxy groups -OCH3 is 1. The molecule has 33 heavy (non-hydrogen) atoms. The van der Waals surface area contributed by atoms with Gasteiger partial charge in [-0.1, -0.05) is 0 Å². The third-order valence-electron chi connectivity index (χ3n) is 6.12. The van der Waals surface area contributed by atoms with Crippen LogP contribution in [0.2, 0.25) is 0 Å². The molecule has 4 rings (SSSR count). The van der Waals surface area contributed by atoms with Crippen molar-refractivity contribution in [2.24, 2.45) is 11.5 Å². The van der Waals surface area contributed by atoms with Gasteiger partial charge in [0.25, 0.3) is 0 Å². The van der Waals surface area contributed by atoms with Gasteiger partial charge in [-0.05, 0) is 42.3 Å². The van der Waals surface area contributed by atoms with Gasteiger partial charge in [0.1, 0.15) is 5.75 Å². The van der Waals surface area contributed by atoms with Gasteiger partial charge >= 0.3 is 0 Å². The minimum Gasteiger partial charge on any atom is -0.495 e. The zero-order chi connectivity index (χ0) is 24.1. The quantitative estimate of drug-likeness (QED) is 0.276. The van der Waals surface area contributed by atoms with Gasteiger partial charge in [-0.2, -0.15) is 0 Å². The van der Waals surface area contributed by atoms with E-state index in [9.17, 15) is 10.2 Å². The van der Waals surface area contributed by atoms with E-state index >= 15 is 0 Å². The van der Waals surface area contributed by atoms with Gasteiger partial charge in [0.15, 0.2) is 0 Å². The standard InChI is InChI=1S/C12H19N3O2.C11H17N3O2/c13-10-2-1-9(5-8(10)3-4-16)15-6-11(14)12(17)7-15;1-16-11-4-7(2-3-8(11)12)14-5-9(13)10(15)6-14/h1-2,5,11-12,16-17H,3-4,6-7,13-14H2;2-4,9-10,15H,5-6,12-13H2,1H3. The molecule has 0 aromatic heterocycles. The Morgan fingerprint density at radius 3 is 1.82 bits per heavy atom. The average Bonchev–Trinajstić information content (AvgIpc) is 3.31. The fraction of sp³-hybridized carbons (Fsp3) is 0.478. The second kappa shape index (κ2) is 10.9. The molecule has 10 nitrogen and oxygen atoms in total. The highest BCUT2D eigenvalue weighted by Crippen LogP contribution is 2.29. The van der Waals surface area contributed by atoms with Gasteiger partial charge in [-0.25, -0.2) is 0 Å². The minimum absolute atomic E-state index is 0.0792. The van der Waals surface area contributed by atoms with Crippen molar-refractivity contribution in [1.29, 1.82) is 0 Å². The van der Waals surface area contributed by atoms with Crippen LogP contribution in [0.5, 0.6) is 5.75 Å². The summed E-state index contributed by atoms with van der Waals surface area (Å²) in [6, 6.07) is 10.9. The predicted octanol–water partition coefficient (Wildman–Crippen LogP) is -0.903. The molecule has 0 radical (unpaired) electrons. The Bertz CT molecular complexity index is 910. The lowest BCUT2D eigenvalue weighted by molar-refractivity contribution is 0.180. The van der Waals surface area contributed by atoms with Crippen LogP contribution in [0, 0.1) is 0 Å². The molecule has 2 heterocycles. The molecule has 10 heteroatoms. The molecule has 11 N–H and O–H groups in total. The van der Waals surface area contributed by atoms with Crippen molar-refractivity contribution in [1.82, 2.24) is 0 Å². The van der Waals surface area contributed by atoms with E-state index < -0.39 is 12.2 Å². The highest BCUT2D eigenvalue weighted by atomic mass is 16.5. The fourth-order valence-electron chi connectivity index (χ4n) is 4.07. The van der Waals surface area contributed by atoms with E-state index in [-0.39, 0.29) is 18.7 Å². The first-order valence-corrected chi connectivity index (χ1v) is 11.0. The molecule has 182 valence electrons. The van der Waals surface area contributed by atoms with Gasteiger partial charge in [-0.3, -0.25) is 0 Å². The summed E-state index contributed by atoms with van der Waals surface area (Å²) in [5, 5.41) is 28.2. The van der Waals surface area contributed by atoms with Crippen LogP contribution in [-0.4, -0.2) is 79.5 Å². The van der Waals surface area contributed by atoms with Crippen molar-refractivity contribution < 1.29 is 20.1 Å². The lowest BCUT2D eigenvalue weighted by atomic mass is 10.1. The zero-order valence-corrected chi connectivity index (χ0v) is 19.0. The maximum atomic E-state index is 9.63. The monoisotopic (exact) mass is 460 g/mol. The third kappa shape index (κ3) is 5.98. The van der Waals surface area contributed by atoms with Crippen LogP contribution in [0.4, 0.5) is 22.7 Å². The number of aliphatic hydroxyl groups excluding tert-OH is 3. The molecular formula is C23H36N6O4. The van der Waals surface area contributed by atoms with Crippen LogP contribution in [0.3, 0.4) is 0 Å². The lowest BCUT2D eigenvalue weighted by Crippen LogP contribution is -2.32. The van der Waals surface area contributed by atoms with E-state index in [1.807, 2.05) is 40.1 Å². The molecular weight excluding hydrogens is 424 g/mol. The van der Waals surface area contributed by atoms with Crippen molar-refractivity contribution in [2.45, 2.75) is 30.7 Å². The molecule has 0 spiro atoms. The van der Waals surface area contributed by atoms with Gasteiger partial charge < -0.3 is 52.8 Å². The van der Waals surface area contributed by atoms with Crippen LogP contribution < -0.4 is 37.5 Å². The number of hydrogen-bond donors (Lipinski definition) is 7. The number of anilines is 4. The average molecular weight is 461 g/mol. The van der Waals surface area contributed by atoms with Crippen molar-refractivity contribution in [3.63, 3.8) is 0 Å². The normalized spacial score (nSPS) is 24.5. The van der Waals surface area contributed by atoms with Crippen molar-refractivity contribution in [2.75, 3.05) is 61.2 Å². The molecule has 2 aliphatic rings. The third-order valence-corrected chi connectivity index (χ3v) is 6.12. The van der Waals surface area contributed by atoms with Gasteiger partial charge in [0, 0.05) is 68.0 Å². The zero-order valence-electron chi connectivity index (χ0n) is 19.0. The van der Waals surface area contributed by atoms with Crippen LogP contribution in [0.15, 0.2) is 36.4 Å². The fourth-order valence-corrected chi connectivity index (χ4v) is 4.07. The summed E-state index contributed by atoms with van der Waals surface area (Å²) in [5.74, 6) is 0.646. The number of nitrogen functional groups attached to an aromatic ring is 2. The highest BCUT2D eigenvalue weighted by molar-refractivity contribution is 5.63. The minimum atomic E-state index is -0.478. The number of aliphatic hydroxyl groups is 3. The van der Waals surface area contributed by atoms with Crippen LogP contribution >= 0.6 is 0 Å². The Morgan fingerprint density at radius 1 is 0.848 bits per heavy atom. The maximum absolute atomic E-state index is 9.63. The van der Waals surface area contributed by atoms with E-state index in [4.69, 9.17) is 32.8 Å². The molecule has 2 fully saturated rings. The van der Waals surface area contributed by atoms with Crippen molar-refractivity contribution >= 4 is 22.7 Å². The summed E-state index contributed by atoms with van der Waals surface area (Å²) in [4.78, 5) is 4.06. The van der Waals surface area contributed by atoms with Crippen LogP contribution in [0.1, 0.15) is 5.56 Å². The summed E-state index contributed by atoms with van der Waals surface area (Å²) in [6.45, 7) is 2.46. The molecule has 4 unspecified atom stereocenters. The first kappa shape index (κ1) is 24.9. The molecule has 2 aromatic carbocycles. The van der Waals surface area contributed by atoms with Crippen LogP contribution in [-0.2, 0) is 6.42 Å². The van der Waals surface area contributed by atoms with Crippen molar-refractivity contribution in [3.05, 3.63) is 42.0 Å². The largest absolute Gasteiger partial charge is 0.495 e. The number of nitrogens with two attached hydrogens (primary N) is 4. The summed E-state index contributed by atoms with van der Waals surface area (Å²) in [5.41, 5.74) is 27.3. The summed E-state index contributed by atoms with van der Waals surface area (Å²) in [6.07, 6.45) is -0.403. The molecule has 2 saturated heterocycles. The van der Waals surface area contributed by atoms with E-state index in [0.29, 0.717) is 49.7 Å². The maximum Gasteiger partial charge on any atom is 0.143 e. The highest BCUT2D eigenvalue weighted by Gasteiger charge is 2.29. The SMILES string of the molecule is COc1cc(N2CC(N)C(O)C2)ccc1N.Nc1ccc(N2CC(N)C(O)C2)cc1CCO. The predicted molar refractivity (Wildman–Crippen MR) is 131 cm³/mol. The van der Waals surface area contributed by atoms with Crippen molar-refractivity contribution in [3.8, 4) is 5.75 Å². The Kier molecular flexibility index (Phi) is 8.22. The first-order valence-electron chi connectivity index (χ1n) is 11.0. The van der Waals surface area contributed by atoms with Gasteiger partial charge in [0.05, 0.1) is 25.0 Å². The Morgan fingerprint density at radius 2 is 1.36 bits per heavy atom. The Labute approximate surface area is 194 Å². The second-order valence-electron chi connectivity index (χ2n) is 8.56. The lowest BCUT2D eigenvalue weighted by Gasteiger charge is -2.19. The van der Waals surface area contributed by atoms with E-state index in [2.05, 4.69) is 0 Å². The number of rotatable bonds is 5. The first-order chi connectivity index (χ1) is 15.7. The summed E-state index contributed by atoms with van der Waals surface area (Å²) < 4.78 is 5.15. The molecule has 0 bridgehead atoms. The molecule has 0 aliphatic carbocycles. The van der Waals surface area contributed by atoms with E-state index in [0.717, 1.165) is 16.9 Å². The summed E-state index contributed by atoms with van der Waals surface area (Å²) >= 11 is 0. The number of ether oxygens (including phenoxy) is 1. The topological polar surface area (TPSA) is 180 Å². The van der Waals surface area contributed by atoms with E-state index in [1.54, 1.807) is 13.2 Å². The molecule has 2 aromatic rings. The molecule has 0 saturated carbocycles.